The van der Waals surface area contributed by atoms with E-state index in [1.54, 1.807) is 16.9 Å². The Morgan fingerprint density at radius 3 is 3.12 bits per heavy atom. The molecule has 0 aliphatic carbocycles. The van der Waals surface area contributed by atoms with Crippen LogP contribution < -0.4 is 10.5 Å². The Morgan fingerprint density at radius 1 is 1.38 bits per heavy atom. The number of aromatic nitrogens is 2. The minimum atomic E-state index is 0.691. The summed E-state index contributed by atoms with van der Waals surface area (Å²) in [6, 6.07) is 8.06. The highest BCUT2D eigenvalue weighted by molar-refractivity contribution is 5.40. The molecule has 0 unspecified atom stereocenters. The Morgan fingerprint density at radius 2 is 2.31 bits per heavy atom. The van der Waals surface area contributed by atoms with Crippen LogP contribution in [0.25, 0.3) is 0 Å². The van der Waals surface area contributed by atoms with Crippen LogP contribution in [-0.2, 0) is 13.0 Å². The molecule has 0 radical (unpaired) electrons. The van der Waals surface area contributed by atoms with E-state index in [1.165, 1.54) is 11.1 Å². The first-order valence-electron chi connectivity index (χ1n) is 5.35. The van der Waals surface area contributed by atoms with Gasteiger partial charge in [-0.05, 0) is 23.3 Å². The maximum Gasteiger partial charge on any atom is 0.122 e. The van der Waals surface area contributed by atoms with Crippen molar-refractivity contribution in [2.45, 2.75) is 13.0 Å². The van der Waals surface area contributed by atoms with E-state index < -0.39 is 0 Å². The van der Waals surface area contributed by atoms with Crippen LogP contribution in [0.3, 0.4) is 0 Å². The number of nitrogens with zero attached hydrogens (tertiary/aromatic N) is 2. The normalized spacial score (nSPS) is 13.5. The van der Waals surface area contributed by atoms with E-state index in [9.17, 15) is 0 Å². The molecule has 0 fully saturated rings. The second kappa shape index (κ2) is 3.56. The first kappa shape index (κ1) is 9.27. The first-order valence-corrected chi connectivity index (χ1v) is 5.35. The summed E-state index contributed by atoms with van der Waals surface area (Å²) in [6.07, 6.45) is 2.71. The summed E-state index contributed by atoms with van der Waals surface area (Å²) in [7, 11) is 0. The van der Waals surface area contributed by atoms with Crippen molar-refractivity contribution in [3.63, 3.8) is 0 Å². The van der Waals surface area contributed by atoms with Gasteiger partial charge in [0.1, 0.15) is 11.6 Å². The van der Waals surface area contributed by atoms with Crippen molar-refractivity contribution in [2.24, 2.45) is 0 Å². The van der Waals surface area contributed by atoms with Gasteiger partial charge in [-0.2, -0.15) is 5.10 Å². The largest absolute Gasteiger partial charge is 0.493 e. The quantitative estimate of drug-likeness (QED) is 0.824. The number of fused-ring (bicyclic) bond motifs is 1. The van der Waals surface area contributed by atoms with Gasteiger partial charge < -0.3 is 10.5 Å². The van der Waals surface area contributed by atoms with Crippen LogP contribution >= 0.6 is 0 Å². The number of anilines is 1. The lowest BCUT2D eigenvalue weighted by Gasteiger charge is -2.06. The molecule has 4 heteroatoms. The molecule has 16 heavy (non-hydrogen) atoms. The van der Waals surface area contributed by atoms with E-state index in [0.29, 0.717) is 12.4 Å². The molecule has 0 saturated heterocycles. The van der Waals surface area contributed by atoms with Gasteiger partial charge in [0.25, 0.3) is 0 Å². The lowest BCUT2D eigenvalue weighted by molar-refractivity contribution is 0.357. The number of hydrogen-bond acceptors (Lipinski definition) is 3. The number of ether oxygens (including phenoxy) is 1. The summed E-state index contributed by atoms with van der Waals surface area (Å²) in [5.41, 5.74) is 8.27. The monoisotopic (exact) mass is 215 g/mol. The van der Waals surface area contributed by atoms with E-state index in [2.05, 4.69) is 17.2 Å². The topological polar surface area (TPSA) is 53.1 Å². The summed E-state index contributed by atoms with van der Waals surface area (Å²) < 4.78 is 7.25. The Balaban J connectivity index is 1.88. The molecule has 0 atom stereocenters. The highest BCUT2D eigenvalue weighted by Gasteiger charge is 2.12. The van der Waals surface area contributed by atoms with Crippen LogP contribution in [-0.4, -0.2) is 16.4 Å². The molecular weight excluding hydrogens is 202 g/mol. The predicted molar refractivity (Wildman–Crippen MR) is 61.4 cm³/mol. The van der Waals surface area contributed by atoms with Crippen molar-refractivity contribution in [2.75, 3.05) is 12.3 Å². The molecule has 2 heterocycles. The smallest absolute Gasteiger partial charge is 0.122 e. The maximum atomic E-state index is 5.78. The summed E-state index contributed by atoms with van der Waals surface area (Å²) in [5.74, 6) is 1.70. The summed E-state index contributed by atoms with van der Waals surface area (Å²) in [6.45, 7) is 1.51. The Kier molecular flexibility index (Phi) is 2.06. The van der Waals surface area contributed by atoms with E-state index in [1.807, 2.05) is 6.07 Å². The fourth-order valence-electron chi connectivity index (χ4n) is 1.99. The van der Waals surface area contributed by atoms with Crippen molar-refractivity contribution in [1.82, 2.24) is 9.78 Å². The lowest BCUT2D eigenvalue weighted by Crippen LogP contribution is -2.05. The van der Waals surface area contributed by atoms with Gasteiger partial charge in [0.15, 0.2) is 0 Å². The molecule has 1 aromatic heterocycles. The average Bonchev–Trinajstić information content (AvgIpc) is 2.88. The average molecular weight is 215 g/mol. The van der Waals surface area contributed by atoms with Gasteiger partial charge in [0, 0.05) is 6.42 Å². The van der Waals surface area contributed by atoms with Crippen LogP contribution in [0.5, 0.6) is 5.75 Å². The third kappa shape index (κ3) is 1.52. The predicted octanol–water partition coefficient (Wildman–Crippen LogP) is 1.45. The van der Waals surface area contributed by atoms with Gasteiger partial charge in [-0.3, -0.25) is 0 Å². The fourth-order valence-corrected chi connectivity index (χ4v) is 1.99. The maximum absolute atomic E-state index is 5.78. The fraction of sp³-hybridized carbons (Fsp3) is 0.250. The first-order chi connectivity index (χ1) is 7.83. The van der Waals surface area contributed by atoms with Crippen LogP contribution in [0.4, 0.5) is 5.82 Å². The zero-order chi connectivity index (χ0) is 11.0. The molecular formula is C12H13N3O. The highest BCUT2D eigenvalue weighted by atomic mass is 16.5. The van der Waals surface area contributed by atoms with Crippen LogP contribution in [0.1, 0.15) is 11.1 Å². The van der Waals surface area contributed by atoms with Crippen molar-refractivity contribution >= 4 is 5.82 Å². The SMILES string of the molecule is Nc1ccnn1Cc1ccc2c(c1)CCO2. The second-order valence-electron chi connectivity index (χ2n) is 3.95. The third-order valence-corrected chi connectivity index (χ3v) is 2.84. The second-order valence-corrected chi connectivity index (χ2v) is 3.95. The van der Waals surface area contributed by atoms with Crippen molar-refractivity contribution in [1.29, 1.82) is 0 Å². The van der Waals surface area contributed by atoms with E-state index in [-0.39, 0.29) is 0 Å². The highest BCUT2D eigenvalue weighted by Crippen LogP contribution is 2.26. The minimum absolute atomic E-state index is 0.691. The van der Waals surface area contributed by atoms with Gasteiger partial charge in [-0.1, -0.05) is 12.1 Å². The molecule has 4 nitrogen and oxygen atoms in total. The molecule has 82 valence electrons. The van der Waals surface area contributed by atoms with Gasteiger partial charge in [0.05, 0.1) is 19.3 Å². The number of hydrogen-bond donors (Lipinski definition) is 1. The molecule has 2 aromatic rings. The number of nitrogens with two attached hydrogens (primary N) is 1. The van der Waals surface area contributed by atoms with E-state index in [4.69, 9.17) is 10.5 Å². The van der Waals surface area contributed by atoms with Crippen molar-refractivity contribution < 1.29 is 4.74 Å². The van der Waals surface area contributed by atoms with Gasteiger partial charge in [-0.25, -0.2) is 4.68 Å². The minimum Gasteiger partial charge on any atom is -0.493 e. The zero-order valence-electron chi connectivity index (χ0n) is 8.89. The van der Waals surface area contributed by atoms with E-state index in [0.717, 1.165) is 18.8 Å². The summed E-state index contributed by atoms with van der Waals surface area (Å²) >= 11 is 0. The van der Waals surface area contributed by atoms with E-state index >= 15 is 0 Å². The third-order valence-electron chi connectivity index (χ3n) is 2.84. The number of nitrogen functional groups attached to an aromatic ring is 1. The molecule has 1 aliphatic rings. The summed E-state index contributed by atoms with van der Waals surface area (Å²) in [5, 5.41) is 4.17. The van der Waals surface area contributed by atoms with Gasteiger partial charge in [-0.15, -0.1) is 0 Å². The Labute approximate surface area is 93.6 Å². The molecule has 0 amide bonds. The molecule has 0 bridgehead atoms. The molecule has 1 aliphatic heterocycles. The molecule has 3 rings (SSSR count). The molecule has 2 N–H and O–H groups in total. The van der Waals surface area contributed by atoms with Gasteiger partial charge in [0.2, 0.25) is 0 Å². The molecule has 0 spiro atoms. The number of rotatable bonds is 2. The standard InChI is InChI=1S/C12H13N3O/c13-12-3-5-14-15(12)8-9-1-2-11-10(7-9)4-6-16-11/h1-3,5,7H,4,6,8,13H2. The van der Waals surface area contributed by atoms with Crippen molar-refractivity contribution in [3.05, 3.63) is 41.6 Å². The van der Waals surface area contributed by atoms with Crippen molar-refractivity contribution in [3.8, 4) is 5.75 Å². The molecule has 1 aromatic carbocycles. The summed E-state index contributed by atoms with van der Waals surface area (Å²) in [4.78, 5) is 0. The van der Waals surface area contributed by atoms with Crippen LogP contribution in [0.2, 0.25) is 0 Å². The number of benzene rings is 1. The Bertz CT molecular complexity index is 519. The lowest BCUT2D eigenvalue weighted by atomic mass is 10.1. The Hall–Kier alpha value is -1.97. The van der Waals surface area contributed by atoms with Crippen LogP contribution in [0.15, 0.2) is 30.5 Å². The van der Waals surface area contributed by atoms with Gasteiger partial charge >= 0.3 is 0 Å². The van der Waals surface area contributed by atoms with Crippen LogP contribution in [0, 0.1) is 0 Å². The molecule has 0 saturated carbocycles. The zero-order valence-corrected chi connectivity index (χ0v) is 8.89.